The number of aromatic nitrogens is 2. The summed E-state index contributed by atoms with van der Waals surface area (Å²) in [4.78, 5) is 19.7. The van der Waals surface area contributed by atoms with Crippen molar-refractivity contribution in [3.05, 3.63) is 65.4 Å². The number of carbonyl (C=O) groups excluding carboxylic acids is 1. The standard InChI is InChI=1S/C24H22N4O4S/c1-4-28(5-2)24(29)21-15(3)26-23(17(13-25)22(21)19-9-7-11-31-19)33-14-16-12-20(32-27-16)18-8-6-10-30-18/h6-12H,4-5,14H2,1-3H3. The van der Waals surface area contributed by atoms with Crippen molar-refractivity contribution in [2.45, 2.75) is 31.6 Å². The Morgan fingerprint density at radius 2 is 1.82 bits per heavy atom. The van der Waals surface area contributed by atoms with Gasteiger partial charge in [0.2, 0.25) is 5.76 Å². The van der Waals surface area contributed by atoms with Gasteiger partial charge in [-0.2, -0.15) is 5.26 Å². The molecule has 0 bridgehead atoms. The van der Waals surface area contributed by atoms with Crippen LogP contribution < -0.4 is 0 Å². The van der Waals surface area contributed by atoms with E-state index in [1.807, 2.05) is 13.8 Å². The minimum absolute atomic E-state index is 0.177. The Bertz CT molecular complexity index is 1280. The summed E-state index contributed by atoms with van der Waals surface area (Å²) in [6.07, 6.45) is 3.09. The smallest absolute Gasteiger partial charge is 0.256 e. The molecule has 1 amide bonds. The van der Waals surface area contributed by atoms with Crippen LogP contribution in [0.5, 0.6) is 0 Å². The Morgan fingerprint density at radius 1 is 1.12 bits per heavy atom. The topological polar surface area (TPSA) is 109 Å². The van der Waals surface area contributed by atoms with E-state index in [0.29, 0.717) is 69.2 Å². The highest BCUT2D eigenvalue weighted by Crippen LogP contribution is 2.37. The van der Waals surface area contributed by atoms with Crippen LogP contribution in [0.4, 0.5) is 0 Å². The van der Waals surface area contributed by atoms with E-state index in [2.05, 4.69) is 16.2 Å². The van der Waals surface area contributed by atoms with Gasteiger partial charge in [0.25, 0.3) is 5.91 Å². The Morgan fingerprint density at radius 3 is 2.42 bits per heavy atom. The Balaban J connectivity index is 1.72. The number of hydrogen-bond acceptors (Lipinski definition) is 8. The van der Waals surface area contributed by atoms with Gasteiger partial charge in [-0.1, -0.05) is 16.9 Å². The van der Waals surface area contributed by atoms with Crippen molar-refractivity contribution in [3.8, 4) is 28.9 Å². The summed E-state index contributed by atoms with van der Waals surface area (Å²) < 4.78 is 16.3. The number of thioether (sulfide) groups is 1. The molecule has 4 rings (SSSR count). The molecule has 0 spiro atoms. The lowest BCUT2D eigenvalue weighted by molar-refractivity contribution is 0.0772. The molecule has 4 aromatic rings. The number of hydrogen-bond donors (Lipinski definition) is 0. The molecule has 0 aliphatic carbocycles. The van der Waals surface area contributed by atoms with E-state index in [1.54, 1.807) is 48.4 Å². The summed E-state index contributed by atoms with van der Waals surface area (Å²) in [7, 11) is 0. The third-order valence-corrected chi connectivity index (χ3v) is 6.18. The molecule has 0 aromatic carbocycles. The fourth-order valence-electron chi connectivity index (χ4n) is 3.54. The van der Waals surface area contributed by atoms with Crippen molar-refractivity contribution in [3.63, 3.8) is 0 Å². The van der Waals surface area contributed by atoms with Crippen LogP contribution in [-0.2, 0) is 5.75 Å². The van der Waals surface area contributed by atoms with E-state index in [0.717, 1.165) is 0 Å². The largest absolute Gasteiger partial charge is 0.464 e. The van der Waals surface area contributed by atoms with Crippen LogP contribution in [0.15, 0.2) is 61.2 Å². The fourth-order valence-corrected chi connectivity index (χ4v) is 4.45. The van der Waals surface area contributed by atoms with E-state index in [9.17, 15) is 10.1 Å². The third-order valence-electron chi connectivity index (χ3n) is 5.17. The lowest BCUT2D eigenvalue weighted by Gasteiger charge is -2.22. The Kier molecular flexibility index (Phi) is 6.66. The van der Waals surface area contributed by atoms with Gasteiger partial charge in [-0.3, -0.25) is 4.79 Å². The zero-order valence-electron chi connectivity index (χ0n) is 18.5. The van der Waals surface area contributed by atoms with Gasteiger partial charge in [-0.25, -0.2) is 4.98 Å². The maximum Gasteiger partial charge on any atom is 0.256 e. The van der Waals surface area contributed by atoms with E-state index in [1.165, 1.54) is 18.0 Å². The van der Waals surface area contributed by atoms with Crippen LogP contribution in [0.2, 0.25) is 0 Å². The van der Waals surface area contributed by atoms with Gasteiger partial charge in [-0.05, 0) is 45.0 Å². The molecule has 33 heavy (non-hydrogen) atoms. The molecule has 8 nitrogen and oxygen atoms in total. The number of furan rings is 2. The SMILES string of the molecule is CCN(CC)C(=O)c1c(C)nc(SCc2cc(-c3ccco3)on2)c(C#N)c1-c1ccco1. The van der Waals surface area contributed by atoms with Crippen molar-refractivity contribution in [1.82, 2.24) is 15.0 Å². The fraction of sp³-hybridized carbons (Fsp3) is 0.250. The van der Waals surface area contributed by atoms with E-state index < -0.39 is 0 Å². The van der Waals surface area contributed by atoms with Crippen molar-refractivity contribution in [2.75, 3.05) is 13.1 Å². The summed E-state index contributed by atoms with van der Waals surface area (Å²) in [6.45, 7) is 6.71. The van der Waals surface area contributed by atoms with Gasteiger partial charge in [0.05, 0.1) is 40.6 Å². The van der Waals surface area contributed by atoms with Crippen LogP contribution >= 0.6 is 11.8 Å². The average molecular weight is 463 g/mol. The van der Waals surface area contributed by atoms with Gasteiger partial charge in [0.1, 0.15) is 16.9 Å². The minimum atomic E-state index is -0.177. The highest BCUT2D eigenvalue weighted by molar-refractivity contribution is 7.98. The molecule has 0 fully saturated rings. The Labute approximate surface area is 195 Å². The van der Waals surface area contributed by atoms with Crippen LogP contribution in [0.25, 0.3) is 22.8 Å². The van der Waals surface area contributed by atoms with E-state index in [-0.39, 0.29) is 5.91 Å². The maximum atomic E-state index is 13.3. The zero-order valence-corrected chi connectivity index (χ0v) is 19.3. The second-order valence-corrected chi connectivity index (χ2v) is 8.11. The molecule has 0 aliphatic rings. The molecule has 9 heteroatoms. The van der Waals surface area contributed by atoms with Crippen molar-refractivity contribution in [1.29, 1.82) is 5.26 Å². The van der Waals surface area contributed by atoms with Gasteiger partial charge in [0, 0.05) is 24.9 Å². The Hall–Kier alpha value is -3.77. The van der Waals surface area contributed by atoms with Crippen LogP contribution in [-0.4, -0.2) is 34.0 Å². The first-order chi connectivity index (χ1) is 16.1. The molecule has 4 heterocycles. The second-order valence-electron chi connectivity index (χ2n) is 7.14. The van der Waals surface area contributed by atoms with Gasteiger partial charge < -0.3 is 18.3 Å². The quantitative estimate of drug-likeness (QED) is 0.314. The molecule has 0 unspecified atom stereocenters. The molecule has 0 atom stereocenters. The number of pyridine rings is 1. The van der Waals surface area contributed by atoms with Gasteiger partial charge >= 0.3 is 0 Å². The number of carbonyl (C=O) groups is 1. The number of amides is 1. The first-order valence-corrected chi connectivity index (χ1v) is 11.5. The number of nitrogens with zero attached hydrogens (tertiary/aromatic N) is 4. The molecular formula is C24H22N4O4S. The summed E-state index contributed by atoms with van der Waals surface area (Å²) in [5, 5.41) is 14.6. The first kappa shape index (κ1) is 22.4. The monoisotopic (exact) mass is 462 g/mol. The van der Waals surface area contributed by atoms with E-state index in [4.69, 9.17) is 13.4 Å². The molecule has 0 aliphatic heterocycles. The van der Waals surface area contributed by atoms with E-state index >= 15 is 0 Å². The molecular weight excluding hydrogens is 440 g/mol. The highest BCUT2D eigenvalue weighted by Gasteiger charge is 2.28. The van der Waals surface area contributed by atoms with Crippen LogP contribution in [0.3, 0.4) is 0 Å². The second kappa shape index (κ2) is 9.79. The lowest BCUT2D eigenvalue weighted by Crippen LogP contribution is -2.32. The molecule has 4 aromatic heterocycles. The zero-order chi connectivity index (χ0) is 23.4. The predicted octanol–water partition coefficient (Wildman–Crippen LogP) is 5.54. The summed E-state index contributed by atoms with van der Waals surface area (Å²) in [5.74, 6) is 1.81. The number of rotatable bonds is 8. The molecule has 0 saturated carbocycles. The first-order valence-electron chi connectivity index (χ1n) is 10.5. The number of nitriles is 1. The summed E-state index contributed by atoms with van der Waals surface area (Å²) in [5.41, 5.74) is 2.36. The van der Waals surface area contributed by atoms with Crippen molar-refractivity contribution < 1.29 is 18.2 Å². The normalized spacial score (nSPS) is 10.8. The highest BCUT2D eigenvalue weighted by atomic mass is 32.2. The molecule has 0 saturated heterocycles. The molecule has 0 radical (unpaired) electrons. The van der Waals surface area contributed by atoms with Gasteiger partial charge in [0.15, 0.2) is 5.76 Å². The van der Waals surface area contributed by atoms with Crippen LogP contribution in [0, 0.1) is 18.3 Å². The summed E-state index contributed by atoms with van der Waals surface area (Å²) >= 11 is 1.35. The number of aryl methyl sites for hydroxylation is 1. The average Bonchev–Trinajstić information content (AvgIpc) is 3.60. The van der Waals surface area contributed by atoms with Crippen molar-refractivity contribution in [2.24, 2.45) is 0 Å². The molecule has 0 N–H and O–H groups in total. The van der Waals surface area contributed by atoms with Crippen LogP contribution in [0.1, 0.15) is 41.2 Å². The maximum absolute atomic E-state index is 13.3. The van der Waals surface area contributed by atoms with Gasteiger partial charge in [-0.15, -0.1) is 0 Å². The third kappa shape index (κ3) is 4.43. The van der Waals surface area contributed by atoms with Crippen molar-refractivity contribution >= 4 is 17.7 Å². The minimum Gasteiger partial charge on any atom is -0.464 e. The predicted molar refractivity (Wildman–Crippen MR) is 122 cm³/mol. The summed E-state index contributed by atoms with van der Waals surface area (Å²) in [6, 6.07) is 11.1. The lowest BCUT2D eigenvalue weighted by atomic mass is 9.98. The molecule has 168 valence electrons.